The topological polar surface area (TPSA) is 18.5 Å². The molecule has 0 N–H and O–H groups in total. The number of allylic oxidation sites excluding steroid dienone is 3. The van der Waals surface area contributed by atoms with E-state index >= 15 is 0 Å². The second kappa shape index (κ2) is 18.9. The molecule has 1 heterocycles. The van der Waals surface area contributed by atoms with Crippen LogP contribution < -0.4 is 0 Å². The van der Waals surface area contributed by atoms with E-state index in [-0.39, 0.29) is 19.5 Å². The zero-order valence-corrected chi connectivity index (χ0v) is 21.5. The molecule has 0 aromatic carbocycles. The molecule has 3 heteroatoms. The van der Waals surface area contributed by atoms with Crippen LogP contribution in [0, 0.1) is 29.6 Å². The summed E-state index contributed by atoms with van der Waals surface area (Å²) in [7, 11) is 0. The third-order valence-electron chi connectivity index (χ3n) is 6.27. The maximum Gasteiger partial charge on any atom is 0.108 e. The summed E-state index contributed by atoms with van der Waals surface area (Å²) in [5.41, 5.74) is 1.53. The van der Waals surface area contributed by atoms with Crippen molar-refractivity contribution in [3.05, 3.63) is 36.0 Å². The molecule has 0 bridgehead atoms. The summed E-state index contributed by atoms with van der Waals surface area (Å²) in [6.45, 7) is 7.27. The summed E-state index contributed by atoms with van der Waals surface area (Å²) in [6.07, 6.45) is 26.0. The van der Waals surface area contributed by atoms with Gasteiger partial charge in [-0.1, -0.05) is 87.7 Å². The molecule has 0 amide bonds. The van der Waals surface area contributed by atoms with Crippen LogP contribution in [0.4, 0.5) is 0 Å². The third-order valence-corrected chi connectivity index (χ3v) is 6.27. The predicted molar refractivity (Wildman–Crippen MR) is 128 cm³/mol. The van der Waals surface area contributed by atoms with Gasteiger partial charge in [-0.25, -0.2) is 0 Å². The van der Waals surface area contributed by atoms with Crippen molar-refractivity contribution in [3.8, 4) is 11.8 Å². The van der Waals surface area contributed by atoms with Crippen LogP contribution in [0.5, 0.6) is 0 Å². The molecule has 2 nitrogen and oxygen atoms in total. The van der Waals surface area contributed by atoms with E-state index in [2.05, 4.69) is 56.1 Å². The Kier molecular flexibility index (Phi) is 17.2. The number of rotatable bonds is 6. The van der Waals surface area contributed by atoms with Gasteiger partial charge in [0, 0.05) is 31.3 Å². The third kappa shape index (κ3) is 12.8. The van der Waals surface area contributed by atoms with Gasteiger partial charge in [0.1, 0.15) is 6.61 Å². The van der Waals surface area contributed by atoms with Crippen LogP contribution in [0.15, 0.2) is 36.0 Å². The molecule has 1 radical (unpaired) electrons. The molecule has 1 unspecified atom stereocenters. The Morgan fingerprint density at radius 1 is 1.00 bits per heavy atom. The molecular formula is C28H44O2Rh. The fourth-order valence-electron chi connectivity index (χ4n) is 4.55. The smallest absolute Gasteiger partial charge is 0.108 e. The first-order valence-electron chi connectivity index (χ1n) is 12.5. The van der Waals surface area contributed by atoms with Gasteiger partial charge in [0.2, 0.25) is 0 Å². The molecule has 0 aromatic heterocycles. The first kappa shape index (κ1) is 28.4. The maximum absolute atomic E-state index is 5.54. The zero-order valence-electron chi connectivity index (χ0n) is 19.9. The van der Waals surface area contributed by atoms with Gasteiger partial charge >= 0.3 is 0 Å². The minimum Gasteiger partial charge on any atom is -0.376 e. The van der Waals surface area contributed by atoms with Gasteiger partial charge in [0.15, 0.2) is 0 Å². The van der Waals surface area contributed by atoms with Crippen molar-refractivity contribution in [3.63, 3.8) is 0 Å². The summed E-state index contributed by atoms with van der Waals surface area (Å²) in [5, 5.41) is 0. The molecule has 1 aliphatic heterocycles. The molecule has 0 spiro atoms. The first-order chi connectivity index (χ1) is 14.8. The molecule has 3 aliphatic rings. The van der Waals surface area contributed by atoms with Crippen molar-refractivity contribution in [2.24, 2.45) is 17.8 Å². The maximum atomic E-state index is 5.54. The van der Waals surface area contributed by atoms with Crippen molar-refractivity contribution in [1.82, 2.24) is 0 Å². The van der Waals surface area contributed by atoms with E-state index in [0.717, 1.165) is 25.6 Å². The second-order valence-corrected chi connectivity index (χ2v) is 8.84. The van der Waals surface area contributed by atoms with Crippen molar-refractivity contribution < 1.29 is 29.0 Å². The molecule has 2 aliphatic carbocycles. The Morgan fingerprint density at radius 3 is 2.39 bits per heavy atom. The predicted octanol–water partition coefficient (Wildman–Crippen LogP) is 7.27. The summed E-state index contributed by atoms with van der Waals surface area (Å²) < 4.78 is 10.9. The average molecular weight is 516 g/mol. The largest absolute Gasteiger partial charge is 0.376 e. The van der Waals surface area contributed by atoms with E-state index in [0.29, 0.717) is 25.0 Å². The molecule has 2 saturated carbocycles. The summed E-state index contributed by atoms with van der Waals surface area (Å²) in [6, 6.07) is 0. The molecule has 1 atom stereocenters. The first-order valence-corrected chi connectivity index (χ1v) is 12.5. The van der Waals surface area contributed by atoms with Crippen LogP contribution in [-0.2, 0) is 29.0 Å². The Bertz CT molecular complexity index is 584. The van der Waals surface area contributed by atoms with Crippen LogP contribution >= 0.6 is 0 Å². The zero-order chi connectivity index (χ0) is 21.3. The van der Waals surface area contributed by atoms with Crippen molar-refractivity contribution >= 4 is 0 Å². The van der Waals surface area contributed by atoms with Gasteiger partial charge in [-0.2, -0.15) is 0 Å². The van der Waals surface area contributed by atoms with Gasteiger partial charge < -0.3 is 9.47 Å². The normalized spacial score (nSPS) is 23.9. The van der Waals surface area contributed by atoms with Crippen molar-refractivity contribution in [2.45, 2.75) is 84.5 Å². The van der Waals surface area contributed by atoms with Gasteiger partial charge in [-0.05, 0) is 50.5 Å². The average Bonchev–Trinajstić information content (AvgIpc) is 3.22. The van der Waals surface area contributed by atoms with E-state index in [1.165, 1.54) is 69.8 Å². The quantitative estimate of drug-likeness (QED) is 0.160. The van der Waals surface area contributed by atoms with E-state index < -0.39 is 0 Å². The fourth-order valence-corrected chi connectivity index (χ4v) is 4.55. The minimum atomic E-state index is 0. The molecule has 31 heavy (non-hydrogen) atoms. The van der Waals surface area contributed by atoms with Gasteiger partial charge in [-0.3, -0.25) is 0 Å². The monoisotopic (exact) mass is 515 g/mol. The summed E-state index contributed by atoms with van der Waals surface area (Å²) in [4.78, 5) is 0. The second-order valence-electron chi connectivity index (χ2n) is 8.84. The Labute approximate surface area is 205 Å². The molecule has 3 rings (SSSR count). The summed E-state index contributed by atoms with van der Waals surface area (Å²) in [5.74, 6) is 8.49. The van der Waals surface area contributed by atoms with Gasteiger partial charge in [0.05, 0.1) is 19.8 Å². The van der Waals surface area contributed by atoms with Crippen molar-refractivity contribution in [1.29, 1.82) is 0 Å². The van der Waals surface area contributed by atoms with Crippen LogP contribution in [0.2, 0.25) is 0 Å². The molecule has 0 aromatic rings. The van der Waals surface area contributed by atoms with E-state index in [9.17, 15) is 0 Å². The van der Waals surface area contributed by atoms with Crippen LogP contribution in [0.25, 0.3) is 0 Å². The van der Waals surface area contributed by atoms with E-state index in [1.54, 1.807) is 0 Å². The molecule has 177 valence electrons. The number of hydrogen-bond donors (Lipinski definition) is 0. The van der Waals surface area contributed by atoms with Gasteiger partial charge in [0.25, 0.3) is 0 Å². The number of ether oxygens (including phenoxy) is 2. The van der Waals surface area contributed by atoms with E-state index in [4.69, 9.17) is 9.47 Å². The Balaban J connectivity index is 0.000000300. The SMILES string of the molecule is C/C=C/C1COC/C1=C\C1CCCCC1.CC/C=C\COCC#CC1CCCCC1.[Rh]. The Morgan fingerprint density at radius 2 is 1.71 bits per heavy atom. The molecule has 1 saturated heterocycles. The molecular weight excluding hydrogens is 471 g/mol. The number of hydrogen-bond acceptors (Lipinski definition) is 2. The summed E-state index contributed by atoms with van der Waals surface area (Å²) >= 11 is 0. The standard InChI is InChI=1S/2C14H22O.Rh/c1-2-6-13-10-15-11-14(13)9-12-7-4-3-5-8-12;1-2-3-7-12-15-13-8-11-14-9-5-4-6-10-14;/h2,6,9,12-13H,3-5,7-8,10-11H2,1H3;3,7,14H,2,4-6,9-10,12-13H2,1H3;/b6-2+,14-9+;7-3-;. The van der Waals surface area contributed by atoms with Crippen LogP contribution in [-0.4, -0.2) is 26.4 Å². The van der Waals surface area contributed by atoms with Crippen LogP contribution in [0.3, 0.4) is 0 Å². The molecule has 3 fully saturated rings. The minimum absolute atomic E-state index is 0. The van der Waals surface area contributed by atoms with Gasteiger partial charge in [-0.15, -0.1) is 0 Å². The van der Waals surface area contributed by atoms with Crippen molar-refractivity contribution in [2.75, 3.05) is 26.4 Å². The Hall–Kier alpha value is -0.677. The van der Waals surface area contributed by atoms with Crippen LogP contribution in [0.1, 0.15) is 84.5 Å². The fraction of sp³-hybridized carbons (Fsp3) is 0.714. The van der Waals surface area contributed by atoms with E-state index in [1.807, 2.05) is 0 Å².